The lowest BCUT2D eigenvalue weighted by atomic mass is 10.2. The van der Waals surface area contributed by atoms with E-state index in [1.165, 1.54) is 7.11 Å². The lowest BCUT2D eigenvalue weighted by molar-refractivity contribution is 0.0587. The van der Waals surface area contributed by atoms with Gasteiger partial charge in [-0.05, 0) is 6.42 Å². The first kappa shape index (κ1) is 12.4. The number of aldehydes is 1. The van der Waals surface area contributed by atoms with Crippen LogP contribution in [0.15, 0.2) is 0 Å². The highest BCUT2D eigenvalue weighted by Gasteiger charge is 2.20. The molecule has 88 valence electrons. The van der Waals surface area contributed by atoms with Gasteiger partial charge in [-0.3, -0.25) is 4.79 Å². The normalized spacial score (nSPS) is 10.2. The average molecular weight is 224 g/mol. The lowest BCUT2D eigenvalue weighted by Crippen LogP contribution is -2.11. The molecule has 1 rings (SSSR count). The molecule has 16 heavy (non-hydrogen) atoms. The SMILES string of the molecule is CCCCc1nc(C=O)c(C(=O)OC)n1C. The Morgan fingerprint density at radius 2 is 2.25 bits per heavy atom. The molecule has 0 aliphatic heterocycles. The maximum Gasteiger partial charge on any atom is 0.357 e. The minimum Gasteiger partial charge on any atom is -0.464 e. The number of nitrogens with zero attached hydrogens (tertiary/aromatic N) is 2. The summed E-state index contributed by atoms with van der Waals surface area (Å²) in [4.78, 5) is 26.4. The topological polar surface area (TPSA) is 61.2 Å². The van der Waals surface area contributed by atoms with Crippen LogP contribution in [-0.2, 0) is 18.2 Å². The maximum absolute atomic E-state index is 11.5. The van der Waals surface area contributed by atoms with Crippen LogP contribution in [-0.4, -0.2) is 28.9 Å². The Labute approximate surface area is 94.4 Å². The van der Waals surface area contributed by atoms with Crippen molar-refractivity contribution in [3.63, 3.8) is 0 Å². The van der Waals surface area contributed by atoms with E-state index in [0.29, 0.717) is 6.29 Å². The number of esters is 1. The van der Waals surface area contributed by atoms with E-state index < -0.39 is 5.97 Å². The van der Waals surface area contributed by atoms with E-state index in [1.807, 2.05) is 0 Å². The Bertz CT molecular complexity index is 396. The van der Waals surface area contributed by atoms with Crippen molar-refractivity contribution in [3.8, 4) is 0 Å². The van der Waals surface area contributed by atoms with Gasteiger partial charge in [0.25, 0.3) is 0 Å². The Balaban J connectivity index is 3.10. The molecule has 0 aromatic carbocycles. The van der Waals surface area contributed by atoms with Crippen LogP contribution >= 0.6 is 0 Å². The van der Waals surface area contributed by atoms with Crippen LogP contribution in [0.2, 0.25) is 0 Å². The Hall–Kier alpha value is -1.65. The molecule has 0 atom stereocenters. The van der Waals surface area contributed by atoms with Crippen molar-refractivity contribution in [2.75, 3.05) is 7.11 Å². The first-order valence-electron chi connectivity index (χ1n) is 5.24. The summed E-state index contributed by atoms with van der Waals surface area (Å²) in [6, 6.07) is 0. The zero-order valence-corrected chi connectivity index (χ0v) is 9.82. The summed E-state index contributed by atoms with van der Waals surface area (Å²) in [7, 11) is 3.01. The average Bonchev–Trinajstić information content (AvgIpc) is 2.62. The number of unbranched alkanes of at least 4 members (excludes halogenated alkanes) is 1. The molecule has 0 spiro atoms. The van der Waals surface area contributed by atoms with Crippen molar-refractivity contribution in [2.24, 2.45) is 7.05 Å². The van der Waals surface area contributed by atoms with Crippen molar-refractivity contribution >= 4 is 12.3 Å². The molecule has 0 saturated heterocycles. The number of hydrogen-bond acceptors (Lipinski definition) is 4. The number of methoxy groups -OCH3 is 1. The summed E-state index contributed by atoms with van der Waals surface area (Å²) in [5.74, 6) is 0.212. The first-order valence-corrected chi connectivity index (χ1v) is 5.24. The van der Waals surface area contributed by atoms with E-state index in [2.05, 4.69) is 16.6 Å². The fourth-order valence-electron chi connectivity index (χ4n) is 1.55. The second kappa shape index (κ2) is 5.44. The molecular formula is C11H16N2O3. The van der Waals surface area contributed by atoms with Crippen LogP contribution in [0.1, 0.15) is 46.6 Å². The van der Waals surface area contributed by atoms with Crippen LogP contribution in [0, 0.1) is 0 Å². The molecule has 1 aromatic heterocycles. The van der Waals surface area contributed by atoms with Crippen LogP contribution in [0.5, 0.6) is 0 Å². The molecule has 0 fully saturated rings. The first-order chi connectivity index (χ1) is 7.65. The van der Waals surface area contributed by atoms with Crippen molar-refractivity contribution in [1.82, 2.24) is 9.55 Å². The molecular weight excluding hydrogens is 208 g/mol. The van der Waals surface area contributed by atoms with Crippen molar-refractivity contribution in [1.29, 1.82) is 0 Å². The van der Waals surface area contributed by atoms with Gasteiger partial charge < -0.3 is 9.30 Å². The highest BCUT2D eigenvalue weighted by atomic mass is 16.5. The second-order valence-corrected chi connectivity index (χ2v) is 3.53. The zero-order valence-electron chi connectivity index (χ0n) is 9.82. The van der Waals surface area contributed by atoms with Gasteiger partial charge in [-0.2, -0.15) is 0 Å². The Morgan fingerprint density at radius 1 is 1.56 bits per heavy atom. The summed E-state index contributed by atoms with van der Waals surface area (Å²) in [6.45, 7) is 2.07. The van der Waals surface area contributed by atoms with Crippen LogP contribution in [0.25, 0.3) is 0 Å². The number of rotatable bonds is 5. The molecule has 1 aromatic rings. The summed E-state index contributed by atoms with van der Waals surface area (Å²) in [6.07, 6.45) is 3.35. The Kier molecular flexibility index (Phi) is 4.22. The van der Waals surface area contributed by atoms with Crippen molar-refractivity contribution in [3.05, 3.63) is 17.2 Å². The molecule has 0 saturated carbocycles. The highest BCUT2D eigenvalue weighted by Crippen LogP contribution is 2.12. The number of carbonyl (C=O) groups excluding carboxylic acids is 2. The van der Waals surface area contributed by atoms with Gasteiger partial charge in [-0.25, -0.2) is 9.78 Å². The van der Waals surface area contributed by atoms with Gasteiger partial charge in [0.15, 0.2) is 12.0 Å². The predicted octanol–water partition coefficient (Wildman–Crippen LogP) is 1.36. The zero-order chi connectivity index (χ0) is 12.1. The number of aryl methyl sites for hydroxylation is 1. The summed E-state index contributed by atoms with van der Waals surface area (Å²) >= 11 is 0. The molecule has 0 N–H and O–H groups in total. The maximum atomic E-state index is 11.5. The molecule has 0 aliphatic carbocycles. The van der Waals surface area contributed by atoms with Gasteiger partial charge >= 0.3 is 5.97 Å². The smallest absolute Gasteiger partial charge is 0.357 e. The van der Waals surface area contributed by atoms with Gasteiger partial charge in [0.2, 0.25) is 0 Å². The fourth-order valence-corrected chi connectivity index (χ4v) is 1.55. The minimum absolute atomic E-state index is 0.153. The molecule has 1 heterocycles. The molecule has 0 unspecified atom stereocenters. The van der Waals surface area contributed by atoms with Gasteiger partial charge in [0.1, 0.15) is 11.5 Å². The molecule has 0 bridgehead atoms. The largest absolute Gasteiger partial charge is 0.464 e. The molecule has 0 radical (unpaired) electrons. The van der Waals surface area contributed by atoms with Gasteiger partial charge in [-0.1, -0.05) is 13.3 Å². The van der Waals surface area contributed by atoms with Crippen molar-refractivity contribution < 1.29 is 14.3 Å². The summed E-state index contributed by atoms with van der Waals surface area (Å²) in [5.41, 5.74) is 0.379. The Morgan fingerprint density at radius 3 is 2.75 bits per heavy atom. The second-order valence-electron chi connectivity index (χ2n) is 3.53. The highest BCUT2D eigenvalue weighted by molar-refractivity contribution is 5.95. The standard InChI is InChI=1S/C11H16N2O3/c1-4-5-6-9-12-8(7-14)10(13(9)2)11(15)16-3/h7H,4-6H2,1-3H3. The fraction of sp³-hybridized carbons (Fsp3) is 0.545. The molecule has 0 amide bonds. The number of hydrogen-bond donors (Lipinski definition) is 0. The third-order valence-corrected chi connectivity index (χ3v) is 2.46. The van der Waals surface area contributed by atoms with E-state index in [1.54, 1.807) is 11.6 Å². The third-order valence-electron chi connectivity index (χ3n) is 2.46. The molecule has 5 nitrogen and oxygen atoms in total. The summed E-state index contributed by atoms with van der Waals surface area (Å²) in [5, 5.41) is 0. The van der Waals surface area contributed by atoms with Crippen LogP contribution in [0.4, 0.5) is 0 Å². The number of imidazole rings is 1. The number of aromatic nitrogens is 2. The van der Waals surface area contributed by atoms with E-state index in [9.17, 15) is 9.59 Å². The van der Waals surface area contributed by atoms with E-state index in [0.717, 1.165) is 25.1 Å². The summed E-state index contributed by atoms with van der Waals surface area (Å²) < 4.78 is 6.25. The third kappa shape index (κ3) is 2.29. The minimum atomic E-state index is -0.528. The van der Waals surface area contributed by atoms with Gasteiger partial charge in [0.05, 0.1) is 7.11 Å². The predicted molar refractivity (Wildman–Crippen MR) is 58.5 cm³/mol. The van der Waals surface area contributed by atoms with E-state index in [4.69, 9.17) is 0 Å². The van der Waals surface area contributed by atoms with E-state index in [-0.39, 0.29) is 11.4 Å². The number of ether oxygens (including phenoxy) is 1. The van der Waals surface area contributed by atoms with E-state index >= 15 is 0 Å². The monoisotopic (exact) mass is 224 g/mol. The van der Waals surface area contributed by atoms with Crippen LogP contribution in [0.3, 0.4) is 0 Å². The number of carbonyl (C=O) groups is 2. The van der Waals surface area contributed by atoms with Crippen molar-refractivity contribution in [2.45, 2.75) is 26.2 Å². The van der Waals surface area contributed by atoms with Gasteiger partial charge in [0, 0.05) is 13.5 Å². The van der Waals surface area contributed by atoms with Gasteiger partial charge in [-0.15, -0.1) is 0 Å². The van der Waals surface area contributed by atoms with Crippen LogP contribution < -0.4 is 0 Å². The molecule has 5 heteroatoms. The quantitative estimate of drug-likeness (QED) is 0.559. The molecule has 0 aliphatic rings. The lowest BCUT2D eigenvalue weighted by Gasteiger charge is -2.03.